The summed E-state index contributed by atoms with van der Waals surface area (Å²) in [5.41, 5.74) is 4.00. The van der Waals surface area contributed by atoms with Gasteiger partial charge in [0.15, 0.2) is 0 Å². The number of carbonyl (C=O) groups excluding carboxylic acids is 1. The lowest BCUT2D eigenvalue weighted by atomic mass is 9.87. The number of hydrogen-bond acceptors (Lipinski definition) is 1. The minimum absolute atomic E-state index is 0.0999. The molecule has 1 aromatic carbocycles. The Hall–Kier alpha value is -1.44. The lowest BCUT2D eigenvalue weighted by Gasteiger charge is -2.19. The minimum atomic E-state index is -0.0999. The number of aldehydes is 1. The van der Waals surface area contributed by atoms with Crippen LogP contribution >= 0.6 is 0 Å². The van der Waals surface area contributed by atoms with E-state index in [-0.39, 0.29) is 5.82 Å². The maximum atomic E-state index is 13.7. The SMILES string of the molecule is CC/C=C(\C)C(CCCC=O)Cc1cc(C)c(F)c(C)c1. The molecule has 1 rings (SSSR count). The van der Waals surface area contributed by atoms with Crippen LogP contribution < -0.4 is 0 Å². The quantitative estimate of drug-likeness (QED) is 0.359. The average Bonchev–Trinajstić information content (AvgIpc) is 2.44. The summed E-state index contributed by atoms with van der Waals surface area (Å²) in [4.78, 5) is 10.5. The first-order chi connectivity index (χ1) is 9.99. The third-order valence-corrected chi connectivity index (χ3v) is 4.02. The van der Waals surface area contributed by atoms with Gasteiger partial charge in [0.25, 0.3) is 0 Å². The Kier molecular flexibility index (Phi) is 7.35. The van der Waals surface area contributed by atoms with Crippen LogP contribution in [0.3, 0.4) is 0 Å². The highest BCUT2D eigenvalue weighted by Crippen LogP contribution is 2.25. The molecule has 1 atom stereocenters. The van der Waals surface area contributed by atoms with E-state index < -0.39 is 0 Å². The molecule has 0 spiro atoms. The summed E-state index contributed by atoms with van der Waals surface area (Å²) in [6, 6.07) is 3.91. The Morgan fingerprint density at radius 3 is 2.43 bits per heavy atom. The van der Waals surface area contributed by atoms with Gasteiger partial charge in [-0.25, -0.2) is 4.39 Å². The molecule has 1 unspecified atom stereocenters. The van der Waals surface area contributed by atoms with Crippen molar-refractivity contribution in [1.29, 1.82) is 0 Å². The zero-order valence-corrected chi connectivity index (χ0v) is 13.7. The van der Waals surface area contributed by atoms with E-state index in [9.17, 15) is 9.18 Å². The van der Waals surface area contributed by atoms with Crippen LogP contribution in [0.25, 0.3) is 0 Å². The summed E-state index contributed by atoms with van der Waals surface area (Å²) in [6.07, 6.45) is 7.74. The molecule has 0 saturated heterocycles. The molecule has 0 aliphatic heterocycles. The highest BCUT2D eigenvalue weighted by Gasteiger charge is 2.13. The maximum Gasteiger partial charge on any atom is 0.129 e. The summed E-state index contributed by atoms with van der Waals surface area (Å²) in [5.74, 6) is 0.339. The second-order valence-electron chi connectivity index (χ2n) is 5.90. The van der Waals surface area contributed by atoms with Gasteiger partial charge in [-0.3, -0.25) is 0 Å². The van der Waals surface area contributed by atoms with E-state index in [1.807, 2.05) is 26.0 Å². The third-order valence-electron chi connectivity index (χ3n) is 4.02. The molecule has 0 radical (unpaired) electrons. The van der Waals surface area contributed by atoms with Gasteiger partial charge in [-0.05, 0) is 69.1 Å². The Bertz CT molecular complexity index is 479. The van der Waals surface area contributed by atoms with Gasteiger partial charge in [0.1, 0.15) is 12.1 Å². The number of aryl methyl sites for hydroxylation is 2. The largest absolute Gasteiger partial charge is 0.303 e. The molecule has 1 aromatic rings. The van der Waals surface area contributed by atoms with Crippen molar-refractivity contribution in [2.24, 2.45) is 5.92 Å². The van der Waals surface area contributed by atoms with E-state index in [0.29, 0.717) is 23.5 Å². The standard InChI is InChI=1S/C19H27FO/c1-5-8-14(2)18(9-6-7-10-21)13-17-11-15(3)19(20)16(4)12-17/h8,10-12,18H,5-7,9,13H2,1-4H3/b14-8+. The Morgan fingerprint density at radius 1 is 1.29 bits per heavy atom. The highest BCUT2D eigenvalue weighted by atomic mass is 19.1. The summed E-state index contributed by atoms with van der Waals surface area (Å²) in [6.45, 7) is 7.94. The van der Waals surface area contributed by atoms with Crippen LogP contribution in [0.1, 0.15) is 56.2 Å². The van der Waals surface area contributed by atoms with Crippen molar-refractivity contribution in [3.05, 3.63) is 46.3 Å². The predicted molar refractivity (Wildman–Crippen MR) is 87.0 cm³/mol. The van der Waals surface area contributed by atoms with Crippen molar-refractivity contribution in [3.8, 4) is 0 Å². The molecule has 2 heteroatoms. The normalized spacial score (nSPS) is 13.3. The smallest absolute Gasteiger partial charge is 0.129 e. The van der Waals surface area contributed by atoms with Crippen LogP contribution in [0, 0.1) is 25.6 Å². The number of allylic oxidation sites excluding steroid dienone is 2. The molecular formula is C19H27FO. The van der Waals surface area contributed by atoms with Crippen LogP contribution in [0.5, 0.6) is 0 Å². The van der Waals surface area contributed by atoms with Crippen LogP contribution in [0.4, 0.5) is 4.39 Å². The zero-order valence-electron chi connectivity index (χ0n) is 13.7. The molecule has 1 nitrogen and oxygen atoms in total. The summed E-state index contributed by atoms with van der Waals surface area (Å²) in [5, 5.41) is 0. The first kappa shape index (κ1) is 17.6. The monoisotopic (exact) mass is 290 g/mol. The summed E-state index contributed by atoms with van der Waals surface area (Å²) in [7, 11) is 0. The number of unbranched alkanes of at least 4 members (excludes halogenated alkanes) is 1. The molecule has 21 heavy (non-hydrogen) atoms. The van der Waals surface area contributed by atoms with Gasteiger partial charge in [-0.2, -0.15) is 0 Å². The average molecular weight is 290 g/mol. The molecule has 0 amide bonds. The van der Waals surface area contributed by atoms with Gasteiger partial charge < -0.3 is 4.79 Å². The third kappa shape index (κ3) is 5.45. The minimum Gasteiger partial charge on any atom is -0.303 e. The van der Waals surface area contributed by atoms with Crippen molar-refractivity contribution < 1.29 is 9.18 Å². The van der Waals surface area contributed by atoms with E-state index in [0.717, 1.165) is 32.0 Å². The Labute approximate surface area is 128 Å². The van der Waals surface area contributed by atoms with E-state index >= 15 is 0 Å². The molecule has 0 fully saturated rings. The molecular weight excluding hydrogens is 263 g/mol. The fourth-order valence-electron chi connectivity index (χ4n) is 2.86. The number of halogens is 1. The van der Waals surface area contributed by atoms with Crippen LogP contribution in [-0.2, 0) is 11.2 Å². The molecule has 0 heterocycles. The number of rotatable bonds is 8. The highest BCUT2D eigenvalue weighted by molar-refractivity contribution is 5.49. The molecule has 0 bridgehead atoms. The first-order valence-electron chi connectivity index (χ1n) is 7.85. The van der Waals surface area contributed by atoms with Crippen LogP contribution in [0.2, 0.25) is 0 Å². The van der Waals surface area contributed by atoms with Crippen molar-refractivity contribution in [3.63, 3.8) is 0 Å². The van der Waals surface area contributed by atoms with E-state index in [4.69, 9.17) is 0 Å². The van der Waals surface area contributed by atoms with Gasteiger partial charge in [0.2, 0.25) is 0 Å². The number of benzene rings is 1. The van der Waals surface area contributed by atoms with Crippen LogP contribution in [-0.4, -0.2) is 6.29 Å². The van der Waals surface area contributed by atoms with Gasteiger partial charge in [-0.1, -0.05) is 30.7 Å². The van der Waals surface area contributed by atoms with Crippen molar-refractivity contribution in [2.75, 3.05) is 0 Å². The Morgan fingerprint density at radius 2 is 1.90 bits per heavy atom. The van der Waals surface area contributed by atoms with Gasteiger partial charge in [-0.15, -0.1) is 0 Å². The maximum absolute atomic E-state index is 13.7. The van der Waals surface area contributed by atoms with Crippen molar-refractivity contribution >= 4 is 6.29 Å². The lowest BCUT2D eigenvalue weighted by Crippen LogP contribution is -2.08. The van der Waals surface area contributed by atoms with Gasteiger partial charge >= 0.3 is 0 Å². The summed E-state index contributed by atoms with van der Waals surface area (Å²) < 4.78 is 13.7. The van der Waals surface area contributed by atoms with E-state index in [1.54, 1.807) is 0 Å². The molecule has 0 aliphatic rings. The number of carbonyl (C=O) groups is 1. The molecule has 0 saturated carbocycles. The van der Waals surface area contributed by atoms with Gasteiger partial charge in [0, 0.05) is 6.42 Å². The Balaban J connectivity index is 2.89. The zero-order chi connectivity index (χ0) is 15.8. The molecule has 0 aromatic heterocycles. The topological polar surface area (TPSA) is 17.1 Å². The van der Waals surface area contributed by atoms with E-state index in [2.05, 4.69) is 19.9 Å². The summed E-state index contributed by atoms with van der Waals surface area (Å²) >= 11 is 0. The van der Waals surface area contributed by atoms with Gasteiger partial charge in [0.05, 0.1) is 0 Å². The fourth-order valence-corrected chi connectivity index (χ4v) is 2.86. The first-order valence-corrected chi connectivity index (χ1v) is 7.85. The number of hydrogen-bond donors (Lipinski definition) is 0. The predicted octanol–water partition coefficient (Wildman–Crippen LogP) is 5.33. The fraction of sp³-hybridized carbons (Fsp3) is 0.526. The lowest BCUT2D eigenvalue weighted by molar-refractivity contribution is -0.107. The van der Waals surface area contributed by atoms with Crippen molar-refractivity contribution in [1.82, 2.24) is 0 Å². The second kappa shape index (κ2) is 8.76. The van der Waals surface area contributed by atoms with Crippen LogP contribution in [0.15, 0.2) is 23.8 Å². The second-order valence-corrected chi connectivity index (χ2v) is 5.90. The molecule has 116 valence electrons. The van der Waals surface area contributed by atoms with Crippen molar-refractivity contribution in [2.45, 2.75) is 59.8 Å². The molecule has 0 N–H and O–H groups in total. The van der Waals surface area contributed by atoms with E-state index in [1.165, 1.54) is 11.1 Å². The molecule has 0 aliphatic carbocycles.